The van der Waals surface area contributed by atoms with Gasteiger partial charge in [-0.1, -0.05) is 25.1 Å². The van der Waals surface area contributed by atoms with Gasteiger partial charge in [0.2, 0.25) is 6.79 Å². The molecule has 7 nitrogen and oxygen atoms in total. The first-order chi connectivity index (χ1) is 12.7. The molecular weight excluding hydrogens is 459 g/mol. The zero-order valence-electron chi connectivity index (χ0n) is 15.9. The highest BCUT2D eigenvalue weighted by Gasteiger charge is 2.13. The van der Waals surface area contributed by atoms with Crippen LogP contribution in [0.15, 0.2) is 33.8 Å². The second-order valence-corrected chi connectivity index (χ2v) is 6.43. The summed E-state index contributed by atoms with van der Waals surface area (Å²) in [6.07, 6.45) is 0.862. The summed E-state index contributed by atoms with van der Waals surface area (Å²) in [5, 5.41) is 10.6. The van der Waals surface area contributed by atoms with Gasteiger partial charge in [-0.05, 0) is 37.0 Å². The van der Waals surface area contributed by atoms with Crippen LogP contribution in [-0.2, 0) is 13.0 Å². The molecule has 0 saturated heterocycles. The average Bonchev–Trinajstić information content (AvgIpc) is 3.28. The molecule has 1 aliphatic rings. The molecule has 0 aliphatic carbocycles. The standard InChI is InChI=1S/C19H26N4O3.HI/c1-4-20-19(22-11-15-10-16(13(2)3)23-26-15)21-8-7-14-5-6-17-18(9-14)25-12-24-17;/h5-6,9-10,13H,4,7-8,11-12H2,1-3H3,(H2,20,21,22);1H. The molecule has 148 valence electrons. The molecule has 0 amide bonds. The molecule has 8 heteroatoms. The van der Waals surface area contributed by atoms with Gasteiger partial charge in [-0.25, -0.2) is 4.99 Å². The van der Waals surface area contributed by atoms with E-state index < -0.39 is 0 Å². The van der Waals surface area contributed by atoms with Crippen LogP contribution in [0.5, 0.6) is 11.5 Å². The first-order valence-electron chi connectivity index (χ1n) is 9.02. The minimum Gasteiger partial charge on any atom is -0.454 e. The molecule has 1 aliphatic heterocycles. The molecule has 27 heavy (non-hydrogen) atoms. The van der Waals surface area contributed by atoms with Gasteiger partial charge < -0.3 is 24.6 Å². The molecule has 0 radical (unpaired) electrons. The molecule has 2 N–H and O–H groups in total. The molecule has 3 rings (SSSR count). The number of fused-ring (bicyclic) bond motifs is 1. The lowest BCUT2D eigenvalue weighted by molar-refractivity contribution is 0.174. The molecule has 0 unspecified atom stereocenters. The fraction of sp³-hybridized carbons (Fsp3) is 0.474. The number of benzene rings is 1. The van der Waals surface area contributed by atoms with Gasteiger partial charge in [-0.15, -0.1) is 24.0 Å². The van der Waals surface area contributed by atoms with E-state index in [-0.39, 0.29) is 24.0 Å². The second kappa shape index (κ2) is 10.4. The van der Waals surface area contributed by atoms with Gasteiger partial charge in [0.1, 0.15) is 6.54 Å². The molecule has 0 fully saturated rings. The van der Waals surface area contributed by atoms with Crippen LogP contribution >= 0.6 is 24.0 Å². The lowest BCUT2D eigenvalue weighted by Crippen LogP contribution is -2.38. The highest BCUT2D eigenvalue weighted by Crippen LogP contribution is 2.32. The van der Waals surface area contributed by atoms with E-state index in [1.807, 2.05) is 25.1 Å². The van der Waals surface area contributed by atoms with Crippen molar-refractivity contribution in [3.8, 4) is 11.5 Å². The molecular formula is C19H27IN4O3. The monoisotopic (exact) mass is 486 g/mol. The van der Waals surface area contributed by atoms with Gasteiger partial charge in [-0.3, -0.25) is 0 Å². The van der Waals surface area contributed by atoms with E-state index in [0.717, 1.165) is 48.4 Å². The van der Waals surface area contributed by atoms with Crippen LogP contribution in [0, 0.1) is 0 Å². The Bertz CT molecular complexity index is 761. The summed E-state index contributed by atoms with van der Waals surface area (Å²) in [6, 6.07) is 7.99. The van der Waals surface area contributed by atoms with Gasteiger partial charge in [0.05, 0.1) is 5.69 Å². The maximum Gasteiger partial charge on any atom is 0.231 e. The Labute approximate surface area is 176 Å². The van der Waals surface area contributed by atoms with Crippen molar-refractivity contribution in [2.24, 2.45) is 4.99 Å². The van der Waals surface area contributed by atoms with Crippen molar-refractivity contribution in [3.05, 3.63) is 41.3 Å². The molecule has 0 spiro atoms. The maximum absolute atomic E-state index is 5.42. The maximum atomic E-state index is 5.42. The predicted octanol–water partition coefficient (Wildman–Crippen LogP) is 3.44. The van der Waals surface area contributed by atoms with E-state index in [4.69, 9.17) is 14.0 Å². The van der Waals surface area contributed by atoms with E-state index in [0.29, 0.717) is 19.3 Å². The molecule has 2 heterocycles. The van der Waals surface area contributed by atoms with Crippen LogP contribution in [0.1, 0.15) is 43.7 Å². The first kappa shape index (κ1) is 21.3. The molecule has 2 aromatic rings. The quantitative estimate of drug-likeness (QED) is 0.355. The third kappa shape index (κ3) is 6.02. The number of guanidine groups is 1. The Morgan fingerprint density at radius 1 is 1.19 bits per heavy atom. The average molecular weight is 486 g/mol. The summed E-state index contributed by atoms with van der Waals surface area (Å²) in [6.45, 7) is 8.54. The van der Waals surface area contributed by atoms with Crippen molar-refractivity contribution in [1.82, 2.24) is 15.8 Å². The summed E-state index contributed by atoms with van der Waals surface area (Å²) in [7, 11) is 0. The van der Waals surface area contributed by atoms with Crippen LogP contribution in [0.4, 0.5) is 0 Å². The summed E-state index contributed by atoms with van der Waals surface area (Å²) >= 11 is 0. The highest BCUT2D eigenvalue weighted by atomic mass is 127. The van der Waals surface area contributed by atoms with E-state index in [2.05, 4.69) is 40.7 Å². The third-order valence-corrected chi connectivity index (χ3v) is 4.05. The molecule has 1 aromatic carbocycles. The zero-order chi connectivity index (χ0) is 18.4. The highest BCUT2D eigenvalue weighted by molar-refractivity contribution is 14.0. The van der Waals surface area contributed by atoms with Gasteiger partial charge >= 0.3 is 0 Å². The number of aromatic nitrogens is 1. The van der Waals surface area contributed by atoms with Gasteiger partial charge in [0.25, 0.3) is 0 Å². The lowest BCUT2D eigenvalue weighted by atomic mass is 10.1. The fourth-order valence-electron chi connectivity index (χ4n) is 2.60. The number of halogens is 1. The fourth-order valence-corrected chi connectivity index (χ4v) is 2.60. The predicted molar refractivity (Wildman–Crippen MR) is 115 cm³/mol. The minimum absolute atomic E-state index is 0. The Balaban J connectivity index is 0.00000261. The van der Waals surface area contributed by atoms with E-state index in [1.165, 1.54) is 5.56 Å². The third-order valence-electron chi connectivity index (χ3n) is 4.05. The Morgan fingerprint density at radius 2 is 2.00 bits per heavy atom. The number of aliphatic imine (C=N–C) groups is 1. The number of hydrogen-bond donors (Lipinski definition) is 2. The van der Waals surface area contributed by atoms with Gasteiger partial charge in [0.15, 0.2) is 23.2 Å². The Kier molecular flexibility index (Phi) is 8.21. The van der Waals surface area contributed by atoms with Crippen molar-refractivity contribution < 1.29 is 14.0 Å². The molecule has 1 aromatic heterocycles. The first-order valence-corrected chi connectivity index (χ1v) is 9.02. The van der Waals surface area contributed by atoms with E-state index in [1.54, 1.807) is 0 Å². The summed E-state index contributed by atoms with van der Waals surface area (Å²) in [5.74, 6) is 3.50. The number of ether oxygens (including phenoxy) is 2. The van der Waals surface area contributed by atoms with Crippen LogP contribution in [0.2, 0.25) is 0 Å². The smallest absolute Gasteiger partial charge is 0.231 e. The summed E-state index contributed by atoms with van der Waals surface area (Å²) in [5.41, 5.74) is 2.14. The molecule has 0 atom stereocenters. The zero-order valence-corrected chi connectivity index (χ0v) is 18.3. The largest absolute Gasteiger partial charge is 0.454 e. The number of nitrogens with zero attached hydrogens (tertiary/aromatic N) is 2. The van der Waals surface area contributed by atoms with Crippen molar-refractivity contribution in [2.75, 3.05) is 19.9 Å². The number of rotatable bonds is 7. The van der Waals surface area contributed by atoms with E-state index in [9.17, 15) is 0 Å². The van der Waals surface area contributed by atoms with Gasteiger partial charge in [-0.2, -0.15) is 0 Å². The number of hydrogen-bond acceptors (Lipinski definition) is 5. The normalized spacial score (nSPS) is 12.8. The Morgan fingerprint density at radius 3 is 2.74 bits per heavy atom. The van der Waals surface area contributed by atoms with Crippen LogP contribution in [0.25, 0.3) is 0 Å². The van der Waals surface area contributed by atoms with Crippen LogP contribution in [0.3, 0.4) is 0 Å². The lowest BCUT2D eigenvalue weighted by Gasteiger charge is -2.11. The number of nitrogens with one attached hydrogen (secondary N) is 2. The molecule has 0 bridgehead atoms. The van der Waals surface area contributed by atoms with Crippen molar-refractivity contribution in [2.45, 2.75) is 39.7 Å². The van der Waals surface area contributed by atoms with E-state index >= 15 is 0 Å². The SMILES string of the molecule is CCNC(=NCc1cc(C(C)C)no1)NCCc1ccc2c(c1)OCO2.I. The molecule has 0 saturated carbocycles. The summed E-state index contributed by atoms with van der Waals surface area (Å²) in [4.78, 5) is 4.56. The van der Waals surface area contributed by atoms with Crippen LogP contribution in [-0.4, -0.2) is 31.0 Å². The second-order valence-electron chi connectivity index (χ2n) is 6.43. The van der Waals surface area contributed by atoms with Crippen LogP contribution < -0.4 is 20.1 Å². The van der Waals surface area contributed by atoms with Crippen molar-refractivity contribution in [3.63, 3.8) is 0 Å². The van der Waals surface area contributed by atoms with Crippen molar-refractivity contribution >= 4 is 29.9 Å². The minimum atomic E-state index is 0. The van der Waals surface area contributed by atoms with Gasteiger partial charge in [0, 0.05) is 19.2 Å². The summed E-state index contributed by atoms with van der Waals surface area (Å²) < 4.78 is 16.1. The van der Waals surface area contributed by atoms with Crippen molar-refractivity contribution in [1.29, 1.82) is 0 Å². The Hall–Kier alpha value is -1.97. The topological polar surface area (TPSA) is 80.9 Å².